The lowest BCUT2D eigenvalue weighted by atomic mass is 10.1. The lowest BCUT2D eigenvalue weighted by Crippen LogP contribution is -2.32. The van der Waals surface area contributed by atoms with Crippen molar-refractivity contribution in [1.82, 2.24) is 5.32 Å². The van der Waals surface area contributed by atoms with E-state index in [1.807, 2.05) is 0 Å². The summed E-state index contributed by atoms with van der Waals surface area (Å²) in [6, 6.07) is 6.00. The molecule has 1 amide bonds. The van der Waals surface area contributed by atoms with Crippen molar-refractivity contribution in [1.29, 1.82) is 5.26 Å². The number of nitrogens with zero attached hydrogens (tertiary/aromatic N) is 1. The Bertz CT molecular complexity index is 624. The maximum absolute atomic E-state index is 12.5. The Morgan fingerprint density at radius 3 is 2.61 bits per heavy atom. The number of hydrogen-bond donors (Lipinski definition) is 1. The molecule has 0 aromatic heterocycles. The number of nitrogens with one attached hydrogen (secondary N) is 1. The molecule has 1 heterocycles. The molecule has 0 bridgehead atoms. The van der Waals surface area contributed by atoms with Crippen LogP contribution in [0.15, 0.2) is 29.8 Å². The molecule has 1 aliphatic heterocycles. The minimum Gasteiger partial charge on any atom is -0.376 e. The van der Waals surface area contributed by atoms with Crippen LogP contribution >= 0.6 is 0 Å². The number of alkyl halides is 3. The van der Waals surface area contributed by atoms with Gasteiger partial charge in [-0.2, -0.15) is 18.4 Å². The molecule has 0 spiro atoms. The van der Waals surface area contributed by atoms with Crippen molar-refractivity contribution in [3.8, 4) is 6.07 Å². The third-order valence-corrected chi connectivity index (χ3v) is 3.43. The molecule has 1 aliphatic rings. The first-order chi connectivity index (χ1) is 10.9. The van der Waals surface area contributed by atoms with Crippen LogP contribution in [0.1, 0.15) is 24.0 Å². The lowest BCUT2D eigenvalue weighted by Gasteiger charge is -2.10. The minimum absolute atomic E-state index is 0.0510. The third-order valence-electron chi connectivity index (χ3n) is 3.43. The number of nitriles is 1. The number of benzene rings is 1. The van der Waals surface area contributed by atoms with Gasteiger partial charge in [-0.15, -0.1) is 0 Å². The number of carbonyl (C=O) groups is 1. The van der Waals surface area contributed by atoms with Gasteiger partial charge in [-0.25, -0.2) is 0 Å². The highest BCUT2D eigenvalue weighted by Gasteiger charge is 2.29. The average molecular weight is 324 g/mol. The predicted molar refractivity (Wildman–Crippen MR) is 77.0 cm³/mol. The molecule has 0 radical (unpaired) electrons. The van der Waals surface area contributed by atoms with Crippen molar-refractivity contribution >= 4 is 12.0 Å². The van der Waals surface area contributed by atoms with Crippen LogP contribution in [0.25, 0.3) is 6.08 Å². The minimum atomic E-state index is -4.42. The second-order valence-electron chi connectivity index (χ2n) is 5.13. The fraction of sp³-hybridized carbons (Fsp3) is 0.375. The van der Waals surface area contributed by atoms with Gasteiger partial charge in [-0.05, 0) is 36.6 Å². The standard InChI is InChI=1S/C16H15F3N2O2/c17-16(18,19)13-5-3-11(4-6-13)8-12(9-20)15(22)21-10-14-2-1-7-23-14/h3-6,8,14H,1-2,7,10H2,(H,21,22)/b12-8-/t14-/m1/s1. The van der Waals surface area contributed by atoms with Crippen LogP contribution < -0.4 is 5.32 Å². The Kier molecular flexibility index (Phi) is 5.40. The zero-order chi connectivity index (χ0) is 16.9. The van der Waals surface area contributed by atoms with Crippen LogP contribution in [0.4, 0.5) is 13.2 Å². The number of ether oxygens (including phenoxy) is 1. The quantitative estimate of drug-likeness (QED) is 0.684. The zero-order valence-electron chi connectivity index (χ0n) is 12.2. The van der Waals surface area contributed by atoms with Gasteiger partial charge in [0.25, 0.3) is 5.91 Å². The van der Waals surface area contributed by atoms with Crippen LogP contribution in [-0.4, -0.2) is 25.2 Å². The first-order valence-corrected chi connectivity index (χ1v) is 7.09. The number of amides is 1. The highest BCUT2D eigenvalue weighted by atomic mass is 19.4. The van der Waals surface area contributed by atoms with Gasteiger partial charge in [0.15, 0.2) is 0 Å². The highest BCUT2D eigenvalue weighted by molar-refractivity contribution is 6.01. The SMILES string of the molecule is N#C/C(=C/c1ccc(C(F)(F)F)cc1)C(=O)NC[C@H]1CCCO1. The Balaban J connectivity index is 2.02. The molecule has 1 N–H and O–H groups in total. The normalized spacial score (nSPS) is 18.5. The summed E-state index contributed by atoms with van der Waals surface area (Å²) in [7, 11) is 0. The van der Waals surface area contributed by atoms with Gasteiger partial charge in [-0.3, -0.25) is 4.79 Å². The molecule has 1 fully saturated rings. The first-order valence-electron chi connectivity index (χ1n) is 7.09. The molecule has 1 aromatic carbocycles. The number of hydrogen-bond acceptors (Lipinski definition) is 3. The second kappa shape index (κ2) is 7.29. The zero-order valence-corrected chi connectivity index (χ0v) is 12.2. The molecule has 1 aromatic rings. The van der Waals surface area contributed by atoms with E-state index in [1.54, 1.807) is 6.07 Å². The summed E-state index contributed by atoms with van der Waals surface area (Å²) in [5, 5.41) is 11.6. The highest BCUT2D eigenvalue weighted by Crippen LogP contribution is 2.29. The van der Waals surface area contributed by atoms with E-state index >= 15 is 0 Å². The Morgan fingerprint density at radius 2 is 2.09 bits per heavy atom. The van der Waals surface area contributed by atoms with Crippen LogP contribution in [-0.2, 0) is 15.7 Å². The lowest BCUT2D eigenvalue weighted by molar-refractivity contribution is -0.137. The molecule has 122 valence electrons. The maximum atomic E-state index is 12.5. The van der Waals surface area contributed by atoms with Crippen molar-refractivity contribution in [3.63, 3.8) is 0 Å². The van der Waals surface area contributed by atoms with Crippen LogP contribution in [0.2, 0.25) is 0 Å². The molecule has 1 saturated heterocycles. The van der Waals surface area contributed by atoms with Crippen molar-refractivity contribution in [3.05, 3.63) is 41.0 Å². The summed E-state index contributed by atoms with van der Waals surface area (Å²) >= 11 is 0. The maximum Gasteiger partial charge on any atom is 0.416 e. The van der Waals surface area contributed by atoms with Gasteiger partial charge >= 0.3 is 6.18 Å². The average Bonchev–Trinajstić information content (AvgIpc) is 3.03. The van der Waals surface area contributed by atoms with Crippen molar-refractivity contribution in [2.24, 2.45) is 0 Å². The number of carbonyl (C=O) groups excluding carboxylic acids is 1. The molecule has 0 saturated carbocycles. The fourth-order valence-electron chi connectivity index (χ4n) is 2.19. The molecule has 4 nitrogen and oxygen atoms in total. The van der Waals surface area contributed by atoms with Crippen molar-refractivity contribution < 1.29 is 22.7 Å². The van der Waals surface area contributed by atoms with E-state index in [0.717, 1.165) is 25.0 Å². The molecular formula is C16H15F3N2O2. The van der Waals surface area contributed by atoms with Gasteiger partial charge in [0.2, 0.25) is 0 Å². The Hall–Kier alpha value is -2.33. The summed E-state index contributed by atoms with van der Waals surface area (Å²) < 4.78 is 42.8. The molecule has 0 unspecified atom stereocenters. The smallest absolute Gasteiger partial charge is 0.376 e. The van der Waals surface area contributed by atoms with E-state index in [4.69, 9.17) is 10.00 Å². The van der Waals surface area contributed by atoms with Gasteiger partial charge in [-0.1, -0.05) is 12.1 Å². The van der Waals surface area contributed by atoms with E-state index in [9.17, 15) is 18.0 Å². The van der Waals surface area contributed by atoms with E-state index in [1.165, 1.54) is 18.2 Å². The molecule has 2 rings (SSSR count). The van der Waals surface area contributed by atoms with Gasteiger partial charge < -0.3 is 10.1 Å². The van der Waals surface area contributed by atoms with E-state index < -0.39 is 17.6 Å². The summed E-state index contributed by atoms with van der Waals surface area (Å²) in [4.78, 5) is 11.9. The van der Waals surface area contributed by atoms with E-state index in [2.05, 4.69) is 5.32 Å². The first kappa shape index (κ1) is 17.0. The van der Waals surface area contributed by atoms with Gasteiger partial charge in [0, 0.05) is 13.2 Å². The van der Waals surface area contributed by atoms with Gasteiger partial charge in [0.05, 0.1) is 11.7 Å². The topological polar surface area (TPSA) is 62.1 Å². The van der Waals surface area contributed by atoms with Gasteiger partial charge in [0.1, 0.15) is 11.6 Å². The molecule has 1 atom stereocenters. The Labute approximate surface area is 131 Å². The third kappa shape index (κ3) is 4.83. The molecule has 7 heteroatoms. The molecule has 23 heavy (non-hydrogen) atoms. The monoisotopic (exact) mass is 324 g/mol. The Morgan fingerprint density at radius 1 is 1.39 bits per heavy atom. The fourth-order valence-corrected chi connectivity index (χ4v) is 2.19. The van der Waals surface area contributed by atoms with Crippen molar-refractivity contribution in [2.75, 3.05) is 13.2 Å². The van der Waals surface area contributed by atoms with Crippen LogP contribution in [0.5, 0.6) is 0 Å². The second-order valence-corrected chi connectivity index (χ2v) is 5.13. The summed E-state index contributed by atoms with van der Waals surface area (Å²) in [5.74, 6) is -0.567. The predicted octanol–water partition coefficient (Wildman–Crippen LogP) is 2.91. The van der Waals surface area contributed by atoms with Crippen LogP contribution in [0, 0.1) is 11.3 Å². The number of rotatable bonds is 4. The summed E-state index contributed by atoms with van der Waals surface area (Å²) in [5.41, 5.74) is -0.597. The molecule has 0 aliphatic carbocycles. The van der Waals surface area contributed by atoms with E-state index in [0.29, 0.717) is 18.7 Å². The summed E-state index contributed by atoms with van der Waals surface area (Å²) in [6.07, 6.45) is -1.42. The van der Waals surface area contributed by atoms with Crippen molar-refractivity contribution in [2.45, 2.75) is 25.1 Å². The largest absolute Gasteiger partial charge is 0.416 e. The number of halogens is 3. The summed E-state index contributed by atoms with van der Waals surface area (Å²) in [6.45, 7) is 0.970. The van der Waals surface area contributed by atoms with Crippen LogP contribution in [0.3, 0.4) is 0 Å². The van der Waals surface area contributed by atoms with E-state index in [-0.39, 0.29) is 11.7 Å². The molecular weight excluding hydrogens is 309 g/mol.